The first-order chi connectivity index (χ1) is 24.8. The number of rotatable bonds is 30. The van der Waals surface area contributed by atoms with Gasteiger partial charge in [-0.05, 0) is 51.4 Å². The lowest BCUT2D eigenvalue weighted by Crippen LogP contribution is -2.64. The molecule has 1 aliphatic carbocycles. The third kappa shape index (κ3) is 21.4. The Kier molecular flexibility index (Phi) is 27.0. The molecule has 8 unspecified atom stereocenters. The molecular formula is C38H70NO12P. The first kappa shape index (κ1) is 48.5. The lowest BCUT2D eigenvalue weighted by molar-refractivity contribution is -0.220. The summed E-state index contributed by atoms with van der Waals surface area (Å²) in [5.74, 6) is -0.621. The minimum absolute atomic E-state index is 0.269. The molecular weight excluding hydrogens is 693 g/mol. The number of aliphatic hydroxyl groups excluding tert-OH is 7. The second-order valence-corrected chi connectivity index (χ2v) is 15.4. The molecule has 13 nitrogen and oxygen atoms in total. The maximum absolute atomic E-state index is 12.8. The molecule has 52 heavy (non-hydrogen) atoms. The fraction of sp³-hybridized carbons (Fsp3) is 0.816. The van der Waals surface area contributed by atoms with Crippen LogP contribution in [0.5, 0.6) is 0 Å². The third-order valence-corrected chi connectivity index (χ3v) is 10.2. The zero-order valence-electron chi connectivity index (χ0n) is 31.5. The third-order valence-electron chi connectivity index (χ3n) is 9.20. The Morgan fingerprint density at radius 2 is 1.15 bits per heavy atom. The summed E-state index contributed by atoms with van der Waals surface area (Å²) in [7, 11) is -5.14. The second-order valence-electron chi connectivity index (χ2n) is 13.9. The topological polar surface area (TPSA) is 226 Å². The molecule has 0 heterocycles. The van der Waals surface area contributed by atoms with Crippen molar-refractivity contribution < 1.29 is 59.0 Å². The number of phosphoric ester groups is 1. The summed E-state index contributed by atoms with van der Waals surface area (Å²) in [5.41, 5.74) is 0. The molecule has 304 valence electrons. The van der Waals surface area contributed by atoms with Crippen molar-refractivity contribution in [3.8, 4) is 0 Å². The molecule has 9 N–H and O–H groups in total. The first-order valence-corrected chi connectivity index (χ1v) is 21.0. The summed E-state index contributed by atoms with van der Waals surface area (Å²) in [6, 6.07) is -1.26. The first-order valence-electron chi connectivity index (χ1n) is 19.5. The monoisotopic (exact) mass is 763 g/mol. The number of nitrogens with one attached hydrogen (secondary N) is 1. The highest BCUT2D eigenvalue weighted by Gasteiger charge is 2.51. The fourth-order valence-electron chi connectivity index (χ4n) is 5.88. The summed E-state index contributed by atoms with van der Waals surface area (Å²) in [6.45, 7) is 3.60. The van der Waals surface area contributed by atoms with Crippen LogP contribution in [0.25, 0.3) is 0 Å². The predicted octanol–water partition coefficient (Wildman–Crippen LogP) is 4.63. The quantitative estimate of drug-likeness (QED) is 0.0277. The van der Waals surface area contributed by atoms with E-state index in [-0.39, 0.29) is 6.42 Å². The number of hydrogen-bond donors (Lipinski definition) is 9. The highest BCUT2D eigenvalue weighted by Crippen LogP contribution is 2.47. The van der Waals surface area contributed by atoms with Gasteiger partial charge in [-0.25, -0.2) is 4.57 Å². The molecule has 14 heteroatoms. The van der Waals surface area contributed by atoms with Crippen molar-refractivity contribution in [3.05, 3.63) is 36.5 Å². The van der Waals surface area contributed by atoms with Crippen LogP contribution in [0.4, 0.5) is 0 Å². The van der Waals surface area contributed by atoms with Gasteiger partial charge >= 0.3 is 7.82 Å². The van der Waals surface area contributed by atoms with Gasteiger partial charge in [0.1, 0.15) is 36.6 Å². The van der Waals surface area contributed by atoms with Gasteiger partial charge in [0.05, 0.1) is 31.3 Å². The normalized spacial score (nSPS) is 25.5. The standard InChI is InChI=1S/C38H70NO12P/c1-3-5-7-9-11-13-14-15-16-17-18-20-22-24-26-31(41)30(39-32(42)27-29(40)25-23-21-19-12-10-8-6-4-2)28-50-52(48,49)51-38-36(46)34(44)33(43)35(45)37(38)47/h10,12,17-18,24,26,29-31,33-38,40-41,43-47H,3-9,11,13-16,19-23,25,27-28H2,1-2H3,(H,39,42)(H,48,49)/b12-10-,18-17+,26-24+. The van der Waals surface area contributed by atoms with Crippen molar-refractivity contribution in [2.45, 2.75) is 191 Å². The number of carbonyl (C=O) groups excluding carboxylic acids is 1. The molecule has 1 saturated carbocycles. The fourth-order valence-corrected chi connectivity index (χ4v) is 6.85. The van der Waals surface area contributed by atoms with Gasteiger partial charge in [0.15, 0.2) is 0 Å². The van der Waals surface area contributed by atoms with E-state index in [1.54, 1.807) is 6.08 Å². The van der Waals surface area contributed by atoms with Gasteiger partial charge in [0.25, 0.3) is 0 Å². The van der Waals surface area contributed by atoms with Crippen molar-refractivity contribution in [2.24, 2.45) is 0 Å². The van der Waals surface area contributed by atoms with Gasteiger partial charge in [-0.3, -0.25) is 13.8 Å². The van der Waals surface area contributed by atoms with Crippen LogP contribution in [-0.4, -0.2) is 108 Å². The highest BCUT2D eigenvalue weighted by atomic mass is 31.2. The van der Waals surface area contributed by atoms with Crippen LogP contribution in [-0.2, 0) is 18.4 Å². The Morgan fingerprint density at radius 3 is 1.75 bits per heavy atom. The van der Waals surface area contributed by atoms with Crippen LogP contribution in [0.2, 0.25) is 0 Å². The Bertz CT molecular complexity index is 1040. The van der Waals surface area contributed by atoms with Crippen molar-refractivity contribution >= 4 is 13.7 Å². The Balaban J connectivity index is 2.71. The number of aliphatic hydroxyl groups is 7. The Morgan fingerprint density at radius 1 is 0.673 bits per heavy atom. The zero-order chi connectivity index (χ0) is 38.8. The molecule has 1 amide bonds. The van der Waals surface area contributed by atoms with E-state index in [2.05, 4.69) is 43.5 Å². The Labute approximate surface area is 311 Å². The summed E-state index contributed by atoms with van der Waals surface area (Å²) >= 11 is 0. The molecule has 1 rings (SSSR count). The molecule has 0 aromatic heterocycles. The average Bonchev–Trinajstić information content (AvgIpc) is 3.11. The number of hydrogen-bond acceptors (Lipinski definition) is 11. The number of phosphoric acid groups is 1. The van der Waals surface area contributed by atoms with Crippen LogP contribution in [0.1, 0.15) is 136 Å². The second kappa shape index (κ2) is 28.9. The minimum atomic E-state index is -5.14. The van der Waals surface area contributed by atoms with Gasteiger partial charge in [0.2, 0.25) is 5.91 Å². The van der Waals surface area contributed by atoms with Gasteiger partial charge in [-0.1, -0.05) is 115 Å². The van der Waals surface area contributed by atoms with E-state index in [0.717, 1.165) is 51.4 Å². The van der Waals surface area contributed by atoms with Crippen molar-refractivity contribution in [1.29, 1.82) is 0 Å². The maximum atomic E-state index is 12.8. The predicted molar refractivity (Wildman–Crippen MR) is 201 cm³/mol. The molecule has 0 aromatic carbocycles. The number of carbonyl (C=O) groups is 1. The van der Waals surface area contributed by atoms with E-state index in [0.29, 0.717) is 19.3 Å². The Hall–Kier alpha value is -1.48. The molecule has 1 fully saturated rings. The van der Waals surface area contributed by atoms with Gasteiger partial charge < -0.3 is 46.0 Å². The van der Waals surface area contributed by atoms with Gasteiger partial charge in [-0.2, -0.15) is 0 Å². The number of unbranched alkanes of at least 4 members (excludes halogenated alkanes) is 13. The minimum Gasteiger partial charge on any atom is -0.393 e. The van der Waals surface area contributed by atoms with E-state index >= 15 is 0 Å². The average molecular weight is 764 g/mol. The van der Waals surface area contributed by atoms with E-state index in [9.17, 15) is 50.0 Å². The van der Waals surface area contributed by atoms with Gasteiger partial charge in [0, 0.05) is 0 Å². The molecule has 1 aliphatic rings. The molecule has 8 atom stereocenters. The number of amides is 1. The van der Waals surface area contributed by atoms with Crippen LogP contribution >= 0.6 is 7.82 Å². The molecule has 0 radical (unpaired) electrons. The highest BCUT2D eigenvalue weighted by molar-refractivity contribution is 7.47. The van der Waals surface area contributed by atoms with E-state index in [1.165, 1.54) is 51.0 Å². The zero-order valence-corrected chi connectivity index (χ0v) is 32.4. The maximum Gasteiger partial charge on any atom is 0.472 e. The lowest BCUT2D eigenvalue weighted by atomic mass is 9.85. The van der Waals surface area contributed by atoms with E-state index in [1.807, 2.05) is 0 Å². The number of allylic oxidation sites excluding steroid dienone is 5. The largest absolute Gasteiger partial charge is 0.472 e. The van der Waals surface area contributed by atoms with Crippen molar-refractivity contribution in [2.75, 3.05) is 6.61 Å². The summed E-state index contributed by atoms with van der Waals surface area (Å²) < 4.78 is 22.7. The van der Waals surface area contributed by atoms with E-state index in [4.69, 9.17) is 9.05 Å². The molecule has 0 aliphatic heterocycles. The molecule has 0 aromatic rings. The van der Waals surface area contributed by atoms with Crippen LogP contribution < -0.4 is 5.32 Å². The van der Waals surface area contributed by atoms with Crippen LogP contribution in [0, 0.1) is 0 Å². The van der Waals surface area contributed by atoms with Crippen LogP contribution in [0.15, 0.2) is 36.5 Å². The lowest BCUT2D eigenvalue weighted by Gasteiger charge is -2.41. The van der Waals surface area contributed by atoms with Crippen molar-refractivity contribution in [1.82, 2.24) is 5.32 Å². The van der Waals surface area contributed by atoms with Crippen molar-refractivity contribution in [3.63, 3.8) is 0 Å². The molecule has 0 spiro atoms. The molecule has 0 bridgehead atoms. The SMILES string of the molecule is CCCC/C=C\CCCCC(O)CC(=O)NC(COP(=O)(O)OC1C(O)C(O)C(O)C(O)C1O)C(O)/C=C/CC/C=C/CCCCCCCCCC. The van der Waals surface area contributed by atoms with Gasteiger partial charge in [-0.15, -0.1) is 0 Å². The van der Waals surface area contributed by atoms with Crippen LogP contribution in [0.3, 0.4) is 0 Å². The smallest absolute Gasteiger partial charge is 0.393 e. The summed E-state index contributed by atoms with van der Waals surface area (Å²) in [6.07, 6.45) is 15.6. The molecule has 0 saturated heterocycles. The summed E-state index contributed by atoms with van der Waals surface area (Å²) in [5, 5.41) is 73.9. The summed E-state index contributed by atoms with van der Waals surface area (Å²) in [4.78, 5) is 23.2. The van der Waals surface area contributed by atoms with E-state index < -0.39 is 75.2 Å².